The second-order valence-electron chi connectivity index (χ2n) is 17.7. The molecule has 12 atom stereocenters. The number of amides is 1. The molecule has 7 aliphatic rings. The van der Waals surface area contributed by atoms with E-state index in [-0.39, 0.29) is 49.0 Å². The monoisotopic (exact) mass is 709 g/mol. The van der Waals surface area contributed by atoms with Crippen molar-refractivity contribution >= 4 is 15.9 Å². The Kier molecular flexibility index (Phi) is 12.4. The van der Waals surface area contributed by atoms with Gasteiger partial charge in [0.15, 0.2) is 0 Å². The van der Waals surface area contributed by atoms with Gasteiger partial charge < -0.3 is 20.3 Å². The van der Waals surface area contributed by atoms with Crippen LogP contribution in [0, 0.1) is 52.8 Å². The van der Waals surface area contributed by atoms with Gasteiger partial charge in [0.25, 0.3) is 0 Å². The van der Waals surface area contributed by atoms with Gasteiger partial charge in [-0.1, -0.05) is 65.7 Å². The van der Waals surface area contributed by atoms with E-state index in [1.54, 1.807) is 12.2 Å². The summed E-state index contributed by atoms with van der Waals surface area (Å²) in [6.45, 7) is 6.97. The van der Waals surface area contributed by atoms with E-state index in [0.29, 0.717) is 47.5 Å². The Balaban J connectivity index is 1.08. The third-order valence-electron chi connectivity index (χ3n) is 14.7. The molecule has 7 rings (SSSR count). The first-order valence-corrected chi connectivity index (χ1v) is 21.6. The van der Waals surface area contributed by atoms with Gasteiger partial charge in [0, 0.05) is 37.6 Å². The van der Waals surface area contributed by atoms with Gasteiger partial charge in [0.2, 0.25) is 15.9 Å². The molecule has 0 aromatic carbocycles. The lowest BCUT2D eigenvalue weighted by Crippen LogP contribution is -2.62. The molecule has 0 aromatic rings. The number of aliphatic hydroxyl groups excluding tert-OH is 2. The van der Waals surface area contributed by atoms with Gasteiger partial charge in [-0.05, 0) is 92.3 Å². The number of sulfonamides is 1. The lowest BCUT2D eigenvalue weighted by molar-refractivity contribution is -0.193. The molecule has 1 saturated heterocycles. The quantitative estimate of drug-likeness (QED) is 0.217. The number of nitrogens with one attached hydrogen (secondary N) is 2. The SMILES string of the molecule is COC1C(CN2O[C@@H](CO)[C@H](CO)[C@H]2C(=O)N[C@H]2C[C@H]3C[C@@H]([C@@H]2C)C3(C)C)CCCC1C1CCCC(NS(=O)(=O)CCC2CCCCC2)C1. The van der Waals surface area contributed by atoms with E-state index in [2.05, 4.69) is 30.8 Å². The second kappa shape index (κ2) is 16.0. The van der Waals surface area contributed by atoms with Crippen molar-refractivity contribution in [1.29, 1.82) is 0 Å². The van der Waals surface area contributed by atoms with E-state index >= 15 is 0 Å². The van der Waals surface area contributed by atoms with E-state index in [1.165, 1.54) is 25.7 Å². The highest BCUT2D eigenvalue weighted by Crippen LogP contribution is 2.61. The fourth-order valence-electron chi connectivity index (χ4n) is 11.6. The molecule has 0 aromatic heterocycles. The Morgan fingerprint density at radius 1 is 0.959 bits per heavy atom. The maximum Gasteiger partial charge on any atom is 0.240 e. The molecule has 4 N–H and O–H groups in total. The number of hydrogen-bond donors (Lipinski definition) is 4. The van der Waals surface area contributed by atoms with Crippen LogP contribution in [0.3, 0.4) is 0 Å². The van der Waals surface area contributed by atoms with Crippen molar-refractivity contribution < 1.29 is 33.0 Å². The molecule has 10 nitrogen and oxygen atoms in total. The molecule has 6 aliphatic carbocycles. The first kappa shape index (κ1) is 37.9. The molecule has 5 unspecified atom stereocenters. The average molecular weight is 710 g/mol. The van der Waals surface area contributed by atoms with Crippen molar-refractivity contribution in [2.75, 3.05) is 32.6 Å². The Labute approximate surface area is 296 Å². The van der Waals surface area contributed by atoms with Crippen LogP contribution < -0.4 is 10.0 Å². The number of rotatable bonds is 13. The van der Waals surface area contributed by atoms with Crippen LogP contribution in [0.25, 0.3) is 0 Å². The normalized spacial score (nSPS) is 41.7. The second-order valence-corrected chi connectivity index (χ2v) is 19.6. The number of ether oxygens (including phenoxy) is 1. The zero-order valence-corrected chi connectivity index (χ0v) is 31.5. The highest BCUT2D eigenvalue weighted by atomic mass is 32.2. The fraction of sp³-hybridized carbons (Fsp3) is 0.974. The number of methoxy groups -OCH3 is 1. The Morgan fingerprint density at radius 3 is 2.39 bits per heavy atom. The van der Waals surface area contributed by atoms with Crippen molar-refractivity contribution in [3.05, 3.63) is 0 Å². The van der Waals surface area contributed by atoms with Crippen molar-refractivity contribution in [3.8, 4) is 0 Å². The van der Waals surface area contributed by atoms with Crippen molar-refractivity contribution in [1.82, 2.24) is 15.1 Å². The van der Waals surface area contributed by atoms with Gasteiger partial charge in [-0.2, -0.15) is 5.06 Å². The standard InChI is InChI=1S/C38H67N3O7S/c1-24-32-19-28(38(32,2)3)20-33(24)39-37(44)35-31(22-42)34(23-43)48-41(35)21-27-13-9-15-30(36(27)47-4)26-12-8-14-29(18-26)40-49(45,46)17-16-25-10-6-5-7-11-25/h24-36,40,42-43H,5-23H2,1-4H3,(H,39,44)/t24-,26?,27?,28+,29?,30?,31-,32-,33-,34-,35-,36?/m0/s1. The zero-order chi connectivity index (χ0) is 34.9. The number of carbonyl (C=O) groups excluding carboxylic acids is 1. The Hall–Kier alpha value is -0.820. The molecule has 7 fully saturated rings. The number of hydroxylamine groups is 2. The molecule has 6 saturated carbocycles. The van der Waals surface area contributed by atoms with Gasteiger partial charge in [0.1, 0.15) is 12.1 Å². The molecular weight excluding hydrogens is 642 g/mol. The topological polar surface area (TPSA) is 137 Å². The highest BCUT2D eigenvalue weighted by molar-refractivity contribution is 7.89. The predicted octanol–water partition coefficient (Wildman–Crippen LogP) is 4.64. The van der Waals surface area contributed by atoms with Crippen LogP contribution in [0.1, 0.15) is 117 Å². The molecule has 1 aliphatic heterocycles. The first-order chi connectivity index (χ1) is 23.5. The maximum absolute atomic E-state index is 14.1. The highest BCUT2D eigenvalue weighted by Gasteiger charge is 2.57. The molecule has 1 amide bonds. The third kappa shape index (κ3) is 8.23. The summed E-state index contributed by atoms with van der Waals surface area (Å²) in [5, 5.41) is 25.8. The molecule has 1 heterocycles. The minimum absolute atomic E-state index is 0.0302. The minimum atomic E-state index is -3.31. The van der Waals surface area contributed by atoms with Crippen molar-refractivity contribution in [3.63, 3.8) is 0 Å². The summed E-state index contributed by atoms with van der Waals surface area (Å²) in [7, 11) is -1.53. The summed E-state index contributed by atoms with van der Waals surface area (Å²) in [5.74, 6) is 2.54. The maximum atomic E-state index is 14.1. The molecular formula is C38H67N3O7S. The molecule has 0 spiro atoms. The van der Waals surface area contributed by atoms with E-state index in [9.17, 15) is 23.4 Å². The van der Waals surface area contributed by atoms with Crippen molar-refractivity contribution in [2.45, 2.75) is 147 Å². The van der Waals surface area contributed by atoms with Gasteiger partial charge in [-0.15, -0.1) is 0 Å². The van der Waals surface area contributed by atoms with Crippen LogP contribution in [0.5, 0.6) is 0 Å². The lowest BCUT2D eigenvalue weighted by atomic mass is 9.45. The Morgan fingerprint density at radius 2 is 1.71 bits per heavy atom. The number of nitrogens with zero attached hydrogens (tertiary/aromatic N) is 1. The molecule has 2 bridgehead atoms. The van der Waals surface area contributed by atoms with Crippen LogP contribution in [0.4, 0.5) is 0 Å². The van der Waals surface area contributed by atoms with E-state index in [4.69, 9.17) is 9.57 Å². The van der Waals surface area contributed by atoms with Gasteiger partial charge in [-0.3, -0.25) is 9.63 Å². The summed E-state index contributed by atoms with van der Waals surface area (Å²) in [6, 6.07) is -0.605. The Bertz CT molecular complexity index is 1210. The number of carbonyl (C=O) groups is 1. The summed E-state index contributed by atoms with van der Waals surface area (Å²) < 4.78 is 35.7. The average Bonchev–Trinajstić information content (AvgIpc) is 3.45. The largest absolute Gasteiger partial charge is 0.396 e. The van der Waals surface area contributed by atoms with E-state index in [0.717, 1.165) is 70.6 Å². The van der Waals surface area contributed by atoms with Crippen LogP contribution in [-0.4, -0.2) is 92.6 Å². The fourth-order valence-corrected chi connectivity index (χ4v) is 13.1. The number of aliphatic hydroxyl groups is 2. The number of hydrogen-bond acceptors (Lipinski definition) is 8. The molecule has 11 heteroatoms. The lowest BCUT2D eigenvalue weighted by Gasteiger charge is -2.62. The third-order valence-corrected chi connectivity index (χ3v) is 16.1. The zero-order valence-electron chi connectivity index (χ0n) is 30.7. The van der Waals surface area contributed by atoms with Crippen molar-refractivity contribution in [2.24, 2.45) is 52.8 Å². The number of fused-ring (bicyclic) bond motifs is 2. The molecule has 282 valence electrons. The molecule has 0 radical (unpaired) electrons. The summed E-state index contributed by atoms with van der Waals surface area (Å²) >= 11 is 0. The van der Waals surface area contributed by atoms with E-state index < -0.39 is 28.1 Å². The van der Waals surface area contributed by atoms with Gasteiger partial charge >= 0.3 is 0 Å². The first-order valence-electron chi connectivity index (χ1n) is 19.9. The summed E-state index contributed by atoms with van der Waals surface area (Å²) in [4.78, 5) is 20.3. The van der Waals surface area contributed by atoms with Crippen LogP contribution in [0.15, 0.2) is 0 Å². The van der Waals surface area contributed by atoms with Gasteiger partial charge in [-0.25, -0.2) is 13.1 Å². The van der Waals surface area contributed by atoms with E-state index in [1.807, 2.05) is 0 Å². The summed E-state index contributed by atoms with van der Waals surface area (Å²) in [6.07, 6.45) is 15.2. The van der Waals surface area contributed by atoms with Crippen LogP contribution >= 0.6 is 0 Å². The summed E-state index contributed by atoms with van der Waals surface area (Å²) in [5.41, 5.74) is 0.322. The smallest absolute Gasteiger partial charge is 0.240 e. The predicted molar refractivity (Wildman–Crippen MR) is 190 cm³/mol. The van der Waals surface area contributed by atoms with Crippen LogP contribution in [0.2, 0.25) is 0 Å². The minimum Gasteiger partial charge on any atom is -0.396 e. The molecule has 49 heavy (non-hydrogen) atoms. The van der Waals surface area contributed by atoms with Crippen LogP contribution in [-0.2, 0) is 24.4 Å². The van der Waals surface area contributed by atoms with Gasteiger partial charge in [0.05, 0.1) is 25.1 Å².